The van der Waals surface area contributed by atoms with Gasteiger partial charge in [-0.15, -0.1) is 0 Å². The summed E-state index contributed by atoms with van der Waals surface area (Å²) in [6.45, 7) is 0. The van der Waals surface area contributed by atoms with E-state index in [0.29, 0.717) is 0 Å². The second-order valence-electron chi connectivity index (χ2n) is 0. The van der Waals surface area contributed by atoms with Gasteiger partial charge in [-0.05, 0) is 0 Å². The van der Waals surface area contributed by atoms with Crippen LogP contribution in [-0.4, -0.2) is 7.57 Å². The maximum absolute atomic E-state index is 4.42. The predicted octanol–water partition coefficient (Wildman–Crippen LogP) is -0.0600. The second-order valence-corrected chi connectivity index (χ2v) is 0. The van der Waals surface area contributed by atoms with Crippen molar-refractivity contribution in [3.63, 3.8) is 0 Å². The third-order valence-corrected chi connectivity index (χ3v) is 0. The minimum atomic E-state index is 0. The van der Waals surface area contributed by atoms with E-state index in [-0.39, 0.29) is 33.3 Å². The molecule has 0 aliphatic carbocycles. The number of hydrogen-bond acceptors (Lipinski definition) is 0. The van der Waals surface area contributed by atoms with Gasteiger partial charge in [-0.1, -0.05) is 0 Å². The van der Waals surface area contributed by atoms with Crippen LogP contribution in [0.1, 0.15) is 0 Å². The summed E-state index contributed by atoms with van der Waals surface area (Å²) >= 11 is 0. The summed E-state index contributed by atoms with van der Waals surface area (Å²) in [6, 6.07) is 0. The van der Waals surface area contributed by atoms with Crippen LogP contribution in [0.25, 0.3) is 0 Å². The molecule has 0 heterocycles. The fourth-order valence-corrected chi connectivity index (χ4v) is 0. The predicted molar refractivity (Wildman–Crippen MR) is 15.5 cm³/mol. The summed E-state index contributed by atoms with van der Waals surface area (Å²) in [5, 5.41) is 0. The molecule has 3 radical (unpaired) electrons. The molecule has 1 unspecified atom stereocenters. The van der Waals surface area contributed by atoms with Crippen molar-refractivity contribution in [2.24, 2.45) is 0 Å². The Bertz CT molecular complexity index is 8.00. The maximum Gasteiger partial charge on any atom is 0.0996 e. The molecule has 0 saturated carbocycles. The van der Waals surface area contributed by atoms with Crippen molar-refractivity contribution in [1.29, 1.82) is 0 Å². The van der Waals surface area contributed by atoms with Crippen LogP contribution in [0.3, 0.4) is 0 Å². The van der Waals surface area contributed by atoms with Gasteiger partial charge in [0, 0.05) is 33.3 Å². The minimum Gasteiger partial charge on any atom is -0.187 e. The molecule has 0 nitrogen and oxygen atoms in total. The van der Waals surface area contributed by atoms with E-state index in [0.717, 1.165) is 0 Å². The molecule has 0 spiro atoms. The number of hydrogen-bond donors (Lipinski definition) is 0. The molecule has 0 bridgehead atoms. The van der Waals surface area contributed by atoms with Gasteiger partial charge in [0.25, 0.3) is 0 Å². The van der Waals surface area contributed by atoms with E-state index in [4.69, 9.17) is 0 Å². The Balaban J connectivity index is -0.00000000500. The topological polar surface area (TPSA) is 0 Å². The van der Waals surface area contributed by atoms with E-state index in [9.17, 15) is 0 Å². The molecular formula is H2BCoNiP. The van der Waals surface area contributed by atoms with E-state index in [1.807, 2.05) is 9.12 Å². The van der Waals surface area contributed by atoms with Crippen LogP contribution in [0.4, 0.5) is 0 Å². The molecule has 4 heteroatoms. The Morgan fingerprint density at radius 1 is 1.25 bits per heavy atom. The third kappa shape index (κ3) is 9.73. The fraction of sp³-hybridized carbons (Fsp3) is 0. The normalized spacial score (nSPS) is 1.25. The van der Waals surface area contributed by atoms with Gasteiger partial charge in [0.1, 0.15) is 0 Å². The molecule has 0 amide bonds. The second kappa shape index (κ2) is 24.6. The first-order valence-corrected chi connectivity index (χ1v) is 1.00. The maximum atomic E-state index is 4.42. The first kappa shape index (κ1) is 17.8. The molecule has 0 aliphatic rings. The molecular weight excluding hydrogens is 159 g/mol. The van der Waals surface area contributed by atoms with Crippen LogP contribution < -0.4 is 0 Å². The summed E-state index contributed by atoms with van der Waals surface area (Å²) < 4.78 is 0. The van der Waals surface area contributed by atoms with E-state index < -0.39 is 0 Å². The van der Waals surface area contributed by atoms with Gasteiger partial charge < -0.3 is 0 Å². The Morgan fingerprint density at radius 2 is 1.25 bits per heavy atom. The van der Waals surface area contributed by atoms with Crippen molar-refractivity contribution in [2.45, 2.75) is 0 Å². The third-order valence-electron chi connectivity index (χ3n) is 0. The molecule has 0 aromatic carbocycles. The van der Waals surface area contributed by atoms with Gasteiger partial charge >= 0.3 is 0 Å². The molecule has 0 rings (SSSR count). The van der Waals surface area contributed by atoms with Gasteiger partial charge in [0.05, 0.1) is 7.57 Å². The van der Waals surface area contributed by atoms with E-state index >= 15 is 0 Å². The Labute approximate surface area is 50.2 Å². The van der Waals surface area contributed by atoms with Crippen molar-refractivity contribution >= 4 is 16.7 Å². The zero-order valence-electron chi connectivity index (χ0n) is 1.80. The molecule has 0 aliphatic heterocycles. The first-order chi connectivity index (χ1) is 1.00. The Kier molecular flexibility index (Phi) is 110. The van der Waals surface area contributed by atoms with Crippen LogP contribution in [0.2, 0.25) is 0 Å². The summed E-state index contributed by atoms with van der Waals surface area (Å²) in [4.78, 5) is 0. The molecule has 0 N–H and O–H groups in total. The van der Waals surface area contributed by atoms with Crippen molar-refractivity contribution in [3.05, 3.63) is 0 Å². The monoisotopic (exact) mass is 161 g/mol. The van der Waals surface area contributed by atoms with Crippen molar-refractivity contribution < 1.29 is 33.3 Å². The molecule has 0 fully saturated rings. The van der Waals surface area contributed by atoms with Crippen LogP contribution in [-0.2, 0) is 33.3 Å². The quantitative estimate of drug-likeness (QED) is 0.345. The minimum absolute atomic E-state index is 0. The summed E-state index contributed by atoms with van der Waals surface area (Å²) in [5.74, 6) is 0. The van der Waals surface area contributed by atoms with Crippen molar-refractivity contribution in [3.8, 4) is 0 Å². The zero-order valence-corrected chi connectivity index (χ0v) is 4.99. The molecule has 1 atom stereocenters. The zero-order chi connectivity index (χ0) is 2.00. The molecule has 29 valence electrons. The summed E-state index contributed by atoms with van der Waals surface area (Å²) in [5.41, 5.74) is 0. The van der Waals surface area contributed by atoms with E-state index in [1.54, 1.807) is 0 Å². The SMILES string of the molecule is [B]P.[Co].[Ni]. The fourth-order valence-electron chi connectivity index (χ4n) is 0. The summed E-state index contributed by atoms with van der Waals surface area (Å²) in [7, 11) is 6.33. The largest absolute Gasteiger partial charge is 0.187 e. The molecule has 0 aromatic rings. The first-order valence-electron chi connectivity index (χ1n) is 0.333. The van der Waals surface area contributed by atoms with E-state index in [2.05, 4.69) is 7.57 Å². The van der Waals surface area contributed by atoms with Crippen LogP contribution in [0.5, 0.6) is 0 Å². The van der Waals surface area contributed by atoms with Crippen molar-refractivity contribution in [1.82, 2.24) is 0 Å². The Morgan fingerprint density at radius 3 is 1.25 bits per heavy atom. The van der Waals surface area contributed by atoms with Gasteiger partial charge in [-0.3, -0.25) is 0 Å². The van der Waals surface area contributed by atoms with Crippen LogP contribution in [0, 0.1) is 0 Å². The Hall–Kier alpha value is 1.49. The molecule has 0 saturated heterocycles. The smallest absolute Gasteiger partial charge is 0.0996 e. The average Bonchev–Trinajstić information content (AvgIpc) is 1.00. The van der Waals surface area contributed by atoms with Gasteiger partial charge in [0.15, 0.2) is 0 Å². The van der Waals surface area contributed by atoms with Crippen molar-refractivity contribution in [2.75, 3.05) is 0 Å². The number of rotatable bonds is 0. The van der Waals surface area contributed by atoms with E-state index in [1.165, 1.54) is 0 Å². The van der Waals surface area contributed by atoms with Gasteiger partial charge in [-0.2, -0.15) is 9.12 Å². The summed E-state index contributed by atoms with van der Waals surface area (Å²) in [6.07, 6.45) is 0. The molecule has 0 aromatic heterocycles. The average molecular weight is 161 g/mol. The van der Waals surface area contributed by atoms with Crippen LogP contribution in [0.15, 0.2) is 0 Å². The van der Waals surface area contributed by atoms with Gasteiger partial charge in [0.2, 0.25) is 0 Å². The standard InChI is InChI=1S/BH2P.Co.Ni/c1-2;;/h2H2;;. The molecule has 4 heavy (non-hydrogen) atoms. The van der Waals surface area contributed by atoms with Crippen LogP contribution >= 0.6 is 9.12 Å². The van der Waals surface area contributed by atoms with Gasteiger partial charge in [-0.25, -0.2) is 0 Å².